The van der Waals surface area contributed by atoms with Gasteiger partial charge in [-0.05, 0) is 44.9 Å². The molecule has 4 heteroatoms. The van der Waals surface area contributed by atoms with Gasteiger partial charge in [-0.1, -0.05) is 6.07 Å². The quantitative estimate of drug-likeness (QED) is 0.802. The predicted molar refractivity (Wildman–Crippen MR) is 76.1 cm³/mol. The van der Waals surface area contributed by atoms with Crippen molar-refractivity contribution < 1.29 is 4.74 Å². The molecule has 0 aliphatic heterocycles. The SMILES string of the molecule is Cc1cc(CCN)cnc1N(C)CCOC(C)C. The number of nitrogens with two attached hydrogens (primary N) is 1. The summed E-state index contributed by atoms with van der Waals surface area (Å²) in [4.78, 5) is 6.64. The van der Waals surface area contributed by atoms with Crippen molar-refractivity contribution in [3.8, 4) is 0 Å². The molecule has 0 amide bonds. The summed E-state index contributed by atoms with van der Waals surface area (Å²) in [7, 11) is 2.04. The van der Waals surface area contributed by atoms with Crippen molar-refractivity contribution >= 4 is 5.82 Å². The Morgan fingerprint density at radius 3 is 2.72 bits per heavy atom. The fourth-order valence-corrected chi connectivity index (χ4v) is 1.86. The van der Waals surface area contributed by atoms with Gasteiger partial charge in [0.15, 0.2) is 0 Å². The summed E-state index contributed by atoms with van der Waals surface area (Å²) >= 11 is 0. The predicted octanol–water partition coefficient (Wildman–Crippen LogP) is 1.75. The summed E-state index contributed by atoms with van der Waals surface area (Å²) in [6.45, 7) is 8.42. The van der Waals surface area contributed by atoms with E-state index >= 15 is 0 Å². The maximum absolute atomic E-state index is 5.55. The Hall–Kier alpha value is -1.13. The Bertz CT molecular complexity index is 366. The van der Waals surface area contributed by atoms with Crippen molar-refractivity contribution in [1.29, 1.82) is 0 Å². The first-order valence-electron chi connectivity index (χ1n) is 6.53. The van der Waals surface area contributed by atoms with E-state index < -0.39 is 0 Å². The Morgan fingerprint density at radius 2 is 2.17 bits per heavy atom. The molecular formula is C14H25N3O. The fraction of sp³-hybridized carbons (Fsp3) is 0.643. The van der Waals surface area contributed by atoms with Gasteiger partial charge in [-0.2, -0.15) is 0 Å². The molecule has 1 aromatic heterocycles. The second kappa shape index (κ2) is 7.34. The maximum atomic E-state index is 5.55. The number of likely N-dealkylation sites (N-methyl/N-ethyl adjacent to an activating group) is 1. The van der Waals surface area contributed by atoms with Gasteiger partial charge in [0.2, 0.25) is 0 Å². The molecule has 0 saturated carbocycles. The maximum Gasteiger partial charge on any atom is 0.131 e. The first kappa shape index (κ1) is 14.9. The van der Waals surface area contributed by atoms with Gasteiger partial charge in [-0.25, -0.2) is 4.98 Å². The highest BCUT2D eigenvalue weighted by atomic mass is 16.5. The number of rotatable bonds is 7. The van der Waals surface area contributed by atoms with Gasteiger partial charge in [0.25, 0.3) is 0 Å². The zero-order valence-corrected chi connectivity index (χ0v) is 11.9. The molecule has 0 fully saturated rings. The van der Waals surface area contributed by atoms with Crippen LogP contribution in [0, 0.1) is 6.92 Å². The number of hydrogen-bond donors (Lipinski definition) is 1. The summed E-state index contributed by atoms with van der Waals surface area (Å²) in [6, 6.07) is 2.16. The minimum absolute atomic E-state index is 0.277. The number of aryl methyl sites for hydroxylation is 1. The van der Waals surface area contributed by atoms with Crippen LogP contribution in [-0.2, 0) is 11.2 Å². The standard InChI is InChI=1S/C14H25N3O/c1-11(2)18-8-7-17(4)14-12(3)9-13(5-6-15)10-16-14/h9-11H,5-8,15H2,1-4H3. The summed E-state index contributed by atoms with van der Waals surface area (Å²) in [5, 5.41) is 0. The molecule has 0 aliphatic carbocycles. The Balaban J connectivity index is 2.59. The van der Waals surface area contributed by atoms with Crippen LogP contribution < -0.4 is 10.6 Å². The van der Waals surface area contributed by atoms with Crippen LogP contribution in [0.15, 0.2) is 12.3 Å². The number of pyridine rings is 1. The van der Waals surface area contributed by atoms with E-state index in [2.05, 4.69) is 22.9 Å². The molecule has 0 bridgehead atoms. The van der Waals surface area contributed by atoms with Crippen LogP contribution in [0.3, 0.4) is 0 Å². The Kier molecular flexibility index (Phi) is 6.09. The minimum Gasteiger partial charge on any atom is -0.377 e. The highest BCUT2D eigenvalue weighted by Gasteiger charge is 2.07. The monoisotopic (exact) mass is 251 g/mol. The van der Waals surface area contributed by atoms with E-state index in [0.29, 0.717) is 6.54 Å². The van der Waals surface area contributed by atoms with Crippen molar-refractivity contribution in [2.45, 2.75) is 33.3 Å². The van der Waals surface area contributed by atoms with Gasteiger partial charge in [-0.3, -0.25) is 0 Å². The molecule has 1 aromatic rings. The summed E-state index contributed by atoms with van der Waals surface area (Å²) in [6.07, 6.45) is 3.07. The van der Waals surface area contributed by atoms with Gasteiger partial charge < -0.3 is 15.4 Å². The lowest BCUT2D eigenvalue weighted by Gasteiger charge is -2.21. The van der Waals surface area contributed by atoms with Gasteiger partial charge in [0.05, 0.1) is 12.7 Å². The summed E-state index contributed by atoms with van der Waals surface area (Å²) in [5.74, 6) is 1.02. The Morgan fingerprint density at radius 1 is 1.44 bits per heavy atom. The second-order valence-electron chi connectivity index (χ2n) is 4.86. The average molecular weight is 251 g/mol. The van der Waals surface area contributed by atoms with Crippen molar-refractivity contribution in [3.05, 3.63) is 23.4 Å². The van der Waals surface area contributed by atoms with E-state index in [1.807, 2.05) is 27.1 Å². The van der Waals surface area contributed by atoms with E-state index in [1.165, 1.54) is 11.1 Å². The normalized spacial score (nSPS) is 11.0. The molecule has 0 radical (unpaired) electrons. The van der Waals surface area contributed by atoms with Gasteiger partial charge >= 0.3 is 0 Å². The molecule has 0 saturated heterocycles. The molecule has 2 N–H and O–H groups in total. The first-order valence-corrected chi connectivity index (χ1v) is 6.53. The van der Waals surface area contributed by atoms with Crippen molar-refractivity contribution in [3.63, 3.8) is 0 Å². The molecule has 0 aliphatic rings. The van der Waals surface area contributed by atoms with Crippen LogP contribution in [0.2, 0.25) is 0 Å². The van der Waals surface area contributed by atoms with Crippen LogP contribution in [-0.4, -0.2) is 37.8 Å². The number of aromatic nitrogens is 1. The van der Waals surface area contributed by atoms with Crippen LogP contribution in [0.5, 0.6) is 0 Å². The van der Waals surface area contributed by atoms with E-state index in [-0.39, 0.29) is 6.10 Å². The van der Waals surface area contributed by atoms with Crippen LogP contribution >= 0.6 is 0 Å². The van der Waals surface area contributed by atoms with Crippen molar-refractivity contribution in [2.75, 3.05) is 31.6 Å². The van der Waals surface area contributed by atoms with Gasteiger partial charge in [-0.15, -0.1) is 0 Å². The third-order valence-corrected chi connectivity index (χ3v) is 2.78. The molecule has 1 rings (SSSR count). The Labute approximate surface area is 110 Å². The fourth-order valence-electron chi connectivity index (χ4n) is 1.86. The lowest BCUT2D eigenvalue weighted by Crippen LogP contribution is -2.25. The number of nitrogens with zero attached hydrogens (tertiary/aromatic N) is 2. The van der Waals surface area contributed by atoms with Crippen LogP contribution in [0.4, 0.5) is 5.82 Å². The number of ether oxygens (including phenoxy) is 1. The molecule has 4 nitrogen and oxygen atoms in total. The molecule has 1 heterocycles. The molecule has 102 valence electrons. The third kappa shape index (κ3) is 4.63. The first-order chi connectivity index (χ1) is 8.54. The van der Waals surface area contributed by atoms with Crippen LogP contribution in [0.25, 0.3) is 0 Å². The zero-order valence-electron chi connectivity index (χ0n) is 11.9. The average Bonchev–Trinajstić information content (AvgIpc) is 2.28. The zero-order chi connectivity index (χ0) is 13.5. The smallest absolute Gasteiger partial charge is 0.131 e. The van der Waals surface area contributed by atoms with E-state index in [4.69, 9.17) is 10.5 Å². The van der Waals surface area contributed by atoms with Gasteiger partial charge in [0, 0.05) is 19.8 Å². The second-order valence-corrected chi connectivity index (χ2v) is 4.86. The van der Waals surface area contributed by atoms with Crippen molar-refractivity contribution in [2.24, 2.45) is 5.73 Å². The highest BCUT2D eigenvalue weighted by molar-refractivity contribution is 5.46. The topological polar surface area (TPSA) is 51.4 Å². The van der Waals surface area contributed by atoms with E-state index in [0.717, 1.165) is 25.4 Å². The minimum atomic E-state index is 0.277. The van der Waals surface area contributed by atoms with Gasteiger partial charge in [0.1, 0.15) is 5.82 Å². The molecular weight excluding hydrogens is 226 g/mol. The molecule has 0 unspecified atom stereocenters. The molecule has 0 spiro atoms. The molecule has 0 atom stereocenters. The lowest BCUT2D eigenvalue weighted by atomic mass is 10.1. The van der Waals surface area contributed by atoms with E-state index in [9.17, 15) is 0 Å². The highest BCUT2D eigenvalue weighted by Crippen LogP contribution is 2.16. The van der Waals surface area contributed by atoms with E-state index in [1.54, 1.807) is 0 Å². The lowest BCUT2D eigenvalue weighted by molar-refractivity contribution is 0.0845. The molecule has 18 heavy (non-hydrogen) atoms. The number of hydrogen-bond acceptors (Lipinski definition) is 4. The third-order valence-electron chi connectivity index (χ3n) is 2.78. The summed E-state index contributed by atoms with van der Waals surface area (Å²) < 4.78 is 5.55. The van der Waals surface area contributed by atoms with Crippen LogP contribution in [0.1, 0.15) is 25.0 Å². The summed E-state index contributed by atoms with van der Waals surface area (Å²) in [5.41, 5.74) is 7.94. The molecule has 0 aromatic carbocycles. The number of anilines is 1. The van der Waals surface area contributed by atoms with Crippen molar-refractivity contribution in [1.82, 2.24) is 4.98 Å². The largest absolute Gasteiger partial charge is 0.377 e.